The largest absolute Gasteiger partial charge is 0.402 e. The maximum atomic E-state index is 12.6. The maximum absolute atomic E-state index is 12.6. The van der Waals surface area contributed by atoms with Crippen molar-refractivity contribution in [1.82, 2.24) is 19.1 Å². The minimum atomic E-state index is -2.87. The fourth-order valence-electron chi connectivity index (χ4n) is 9.95. The number of ether oxygens (including phenoxy) is 2. The number of aryl methyl sites for hydroxylation is 2. The van der Waals surface area contributed by atoms with Crippen LogP contribution in [0.3, 0.4) is 0 Å². The number of aromatic amines is 2. The summed E-state index contributed by atoms with van der Waals surface area (Å²) in [5.41, 5.74) is -0.887. The summed E-state index contributed by atoms with van der Waals surface area (Å²) in [7, 11) is -5.63. The van der Waals surface area contributed by atoms with Gasteiger partial charge in [0.05, 0.1) is 24.9 Å². The fourth-order valence-corrected chi connectivity index (χ4v) is 19.4. The Kier molecular flexibility index (Phi) is 15.3. The molecule has 6 atom stereocenters. The second-order valence-corrected chi connectivity index (χ2v) is 28.4. The average molecular weight is 959 g/mol. The Bertz CT molecular complexity index is 2580. The Morgan fingerprint density at radius 2 is 0.868 bits per heavy atom. The second-order valence-electron chi connectivity index (χ2n) is 19.9. The average Bonchev–Trinajstić information content (AvgIpc) is 3.93. The van der Waals surface area contributed by atoms with Gasteiger partial charge in [-0.15, -0.1) is 0 Å². The van der Waals surface area contributed by atoms with Crippen molar-refractivity contribution < 1.29 is 23.4 Å². The molecule has 360 valence electrons. The van der Waals surface area contributed by atoms with Crippen LogP contribution >= 0.6 is 0 Å². The summed E-state index contributed by atoms with van der Waals surface area (Å²) in [6.07, 6.45) is 2.22. The predicted octanol–water partition coefficient (Wildman–Crippen LogP) is 5.56. The SMILES string of the molecule is CC[C@H]1O[C@@H](n2cc(C)c(=O)[nH]c2=O)C[C@H]1O[Si](c1ccccc1)(c1ccccc1)C(C)(C)C.Cc1cn([C@H]2C[C@@H](O[Si](c3ccccc3)(c3ccccc3)C(C)(C)C)[C@@H](CO)O2)c(=O)[nH]c1=O. The smallest absolute Gasteiger partial charge is 0.330 e. The lowest BCUT2D eigenvalue weighted by Gasteiger charge is -2.45. The monoisotopic (exact) mass is 958 g/mol. The maximum Gasteiger partial charge on any atom is 0.330 e. The van der Waals surface area contributed by atoms with Crippen LogP contribution in [0.5, 0.6) is 0 Å². The number of aliphatic hydroxyl groups excluding tert-OH is 1. The van der Waals surface area contributed by atoms with Crippen LogP contribution < -0.4 is 43.2 Å². The van der Waals surface area contributed by atoms with E-state index in [1.54, 1.807) is 20.0 Å². The standard InChI is InChI=1S/C27H34N2O4Si.C26H32N2O5Si/c1-6-22-23(17-24(32-22)29-18-19(2)25(30)28-26(29)31)33-34(27(3,4)5,20-13-9-7-10-14-20)21-15-11-8-12-16-21;1-18-16-28(25(31)27-24(18)30)23-15-21(22(17-29)32-23)33-34(26(2,3)4,19-11-7-5-8-12-19)20-13-9-6-10-14-20/h7-16,18,22-24H,6,17H2,1-5H3,(H,28,30,31);5-14,16,21-23,29H,15,17H2,1-4H3,(H,27,30,31)/t22-,23-,24-;21-,22-,23-/m11/s1. The second kappa shape index (κ2) is 20.6. The summed E-state index contributed by atoms with van der Waals surface area (Å²) in [5.74, 6) is 0. The zero-order valence-electron chi connectivity index (χ0n) is 40.6. The molecule has 2 fully saturated rings. The van der Waals surface area contributed by atoms with Gasteiger partial charge >= 0.3 is 11.4 Å². The summed E-state index contributed by atoms with van der Waals surface area (Å²) in [6.45, 7) is 18.5. The van der Waals surface area contributed by atoms with Crippen LogP contribution in [0.1, 0.15) is 91.3 Å². The van der Waals surface area contributed by atoms with E-state index in [1.807, 2.05) is 48.5 Å². The molecule has 0 bridgehead atoms. The summed E-state index contributed by atoms with van der Waals surface area (Å²) >= 11 is 0. The molecule has 4 aromatic carbocycles. The highest BCUT2D eigenvalue weighted by Gasteiger charge is 2.55. The number of nitrogens with zero attached hydrogens (tertiary/aromatic N) is 2. The highest BCUT2D eigenvalue weighted by atomic mass is 28.4. The lowest BCUT2D eigenvalue weighted by Crippen LogP contribution is -2.68. The van der Waals surface area contributed by atoms with Gasteiger partial charge in [0.1, 0.15) is 18.6 Å². The number of nitrogens with one attached hydrogen (secondary N) is 2. The van der Waals surface area contributed by atoms with E-state index in [0.29, 0.717) is 24.0 Å². The lowest BCUT2D eigenvalue weighted by molar-refractivity contribution is -0.0434. The fraction of sp³-hybridized carbons (Fsp3) is 0.396. The van der Waals surface area contributed by atoms with Crippen molar-refractivity contribution in [3.63, 3.8) is 0 Å². The molecular formula is C53H66N4O9Si2. The predicted molar refractivity (Wildman–Crippen MR) is 272 cm³/mol. The zero-order valence-corrected chi connectivity index (χ0v) is 42.6. The molecule has 0 aliphatic carbocycles. The third-order valence-corrected chi connectivity index (χ3v) is 23.5. The van der Waals surface area contributed by atoms with Crippen LogP contribution in [0.25, 0.3) is 0 Å². The number of H-pyrrole nitrogens is 2. The van der Waals surface area contributed by atoms with Crippen LogP contribution in [0, 0.1) is 13.8 Å². The van der Waals surface area contributed by atoms with Crippen molar-refractivity contribution in [2.75, 3.05) is 6.61 Å². The van der Waals surface area contributed by atoms with Crippen molar-refractivity contribution in [2.45, 2.75) is 129 Å². The third kappa shape index (κ3) is 9.97. The Morgan fingerprint density at radius 3 is 1.16 bits per heavy atom. The Hall–Kier alpha value is -5.53. The molecule has 4 heterocycles. The molecule has 0 saturated carbocycles. The van der Waals surface area contributed by atoms with E-state index in [0.717, 1.165) is 16.8 Å². The van der Waals surface area contributed by atoms with Crippen LogP contribution in [0.4, 0.5) is 0 Å². The number of rotatable bonds is 12. The highest BCUT2D eigenvalue weighted by Crippen LogP contribution is 2.43. The summed E-state index contributed by atoms with van der Waals surface area (Å²) in [5, 5.41) is 14.5. The molecule has 15 heteroatoms. The first kappa shape index (κ1) is 50.4. The molecule has 2 saturated heterocycles. The minimum Gasteiger partial charge on any atom is -0.402 e. The molecule has 0 radical (unpaired) electrons. The van der Waals surface area contributed by atoms with Crippen molar-refractivity contribution in [2.24, 2.45) is 0 Å². The van der Waals surface area contributed by atoms with Gasteiger partial charge in [0, 0.05) is 36.4 Å². The van der Waals surface area contributed by atoms with E-state index in [-0.39, 0.29) is 34.5 Å². The normalized spacial score (nSPS) is 21.0. The summed E-state index contributed by atoms with van der Waals surface area (Å²) in [6, 6.07) is 41.6. The molecule has 0 unspecified atom stereocenters. The van der Waals surface area contributed by atoms with Crippen LogP contribution in [-0.2, 0) is 18.3 Å². The van der Waals surface area contributed by atoms with E-state index in [9.17, 15) is 24.3 Å². The van der Waals surface area contributed by atoms with Gasteiger partial charge in [-0.1, -0.05) is 170 Å². The molecule has 3 N–H and O–H groups in total. The Morgan fingerprint density at radius 1 is 0.559 bits per heavy atom. The van der Waals surface area contributed by atoms with E-state index in [2.05, 4.69) is 131 Å². The summed E-state index contributed by atoms with van der Waals surface area (Å²) in [4.78, 5) is 53.5. The number of hydrogen-bond donors (Lipinski definition) is 3. The number of aromatic nitrogens is 4. The first-order chi connectivity index (χ1) is 32.3. The van der Waals surface area contributed by atoms with Crippen LogP contribution in [-0.4, -0.2) is 71.9 Å². The molecule has 2 aromatic heterocycles. The van der Waals surface area contributed by atoms with Gasteiger partial charge < -0.3 is 23.4 Å². The van der Waals surface area contributed by atoms with Gasteiger partial charge in [0.25, 0.3) is 27.8 Å². The quantitative estimate of drug-likeness (QED) is 0.133. The third-order valence-electron chi connectivity index (χ3n) is 13.3. The summed E-state index contributed by atoms with van der Waals surface area (Å²) < 4.78 is 29.8. The van der Waals surface area contributed by atoms with E-state index < -0.39 is 58.2 Å². The molecule has 0 amide bonds. The first-order valence-corrected chi connectivity index (χ1v) is 27.3. The molecule has 0 spiro atoms. The molecule has 2 aliphatic heterocycles. The van der Waals surface area contributed by atoms with Gasteiger partial charge in [0.2, 0.25) is 0 Å². The molecule has 2 aliphatic rings. The van der Waals surface area contributed by atoms with Crippen LogP contribution in [0.2, 0.25) is 10.1 Å². The number of aliphatic hydroxyl groups is 1. The van der Waals surface area contributed by atoms with Gasteiger partial charge in [-0.25, -0.2) is 9.59 Å². The molecular weight excluding hydrogens is 893 g/mol. The number of benzene rings is 4. The Labute approximate surface area is 400 Å². The lowest BCUT2D eigenvalue weighted by atomic mass is 10.1. The van der Waals surface area contributed by atoms with Crippen molar-refractivity contribution in [3.8, 4) is 0 Å². The number of hydrogen-bond acceptors (Lipinski definition) is 9. The minimum absolute atomic E-state index is 0.155. The van der Waals surface area contributed by atoms with E-state index >= 15 is 0 Å². The van der Waals surface area contributed by atoms with E-state index in [1.165, 1.54) is 25.7 Å². The zero-order chi connectivity index (χ0) is 49.0. The van der Waals surface area contributed by atoms with Gasteiger partial charge in [-0.3, -0.25) is 28.7 Å². The molecule has 6 aromatic rings. The van der Waals surface area contributed by atoms with Crippen molar-refractivity contribution in [3.05, 3.63) is 187 Å². The van der Waals surface area contributed by atoms with Crippen molar-refractivity contribution >= 4 is 37.4 Å². The molecule has 8 rings (SSSR count). The molecule has 68 heavy (non-hydrogen) atoms. The van der Waals surface area contributed by atoms with Gasteiger partial charge in [0.15, 0.2) is 0 Å². The van der Waals surface area contributed by atoms with Crippen molar-refractivity contribution in [1.29, 1.82) is 0 Å². The molecule has 13 nitrogen and oxygen atoms in total. The highest BCUT2D eigenvalue weighted by molar-refractivity contribution is 7.00. The van der Waals surface area contributed by atoms with E-state index in [4.69, 9.17) is 18.3 Å². The van der Waals surface area contributed by atoms with Gasteiger partial charge in [-0.05, 0) is 51.1 Å². The Balaban J connectivity index is 0.000000201. The van der Waals surface area contributed by atoms with Crippen LogP contribution in [0.15, 0.2) is 153 Å². The first-order valence-electron chi connectivity index (χ1n) is 23.5. The topological polar surface area (TPSA) is 167 Å². The van der Waals surface area contributed by atoms with Gasteiger partial charge in [-0.2, -0.15) is 0 Å².